The molecule has 7 heteroatoms. The zero-order chi connectivity index (χ0) is 24.5. The Morgan fingerprint density at radius 1 is 0.857 bits per heavy atom. The van der Waals surface area contributed by atoms with Gasteiger partial charge in [-0.2, -0.15) is 0 Å². The maximum atomic E-state index is 13.8. The predicted molar refractivity (Wildman–Crippen MR) is 129 cm³/mol. The van der Waals surface area contributed by atoms with Gasteiger partial charge in [0.15, 0.2) is 0 Å². The van der Waals surface area contributed by atoms with Crippen LogP contribution in [0.5, 0.6) is 0 Å². The molecule has 1 aliphatic heterocycles. The lowest BCUT2D eigenvalue weighted by Crippen LogP contribution is -2.46. The molecule has 0 saturated heterocycles. The topological polar surface area (TPSA) is 62.3 Å². The van der Waals surface area contributed by atoms with Gasteiger partial charge in [0.2, 0.25) is 5.91 Å². The third-order valence-electron chi connectivity index (χ3n) is 6.08. The summed E-state index contributed by atoms with van der Waals surface area (Å²) < 4.78 is 27.5. The molecular weight excluding hydrogens is 448 g/mol. The standard InChI is InChI=1S/C28H21F2N3O2/c1-17-5-4-8-24(31-17)32-27(34)25-22-6-2-3-7-23(22)28(35)33(21-15-13-20(30)14-16-21)26(25)18-9-11-19(29)12-10-18/h2-16,25-26H,1H3,(H,31,32,34). The lowest BCUT2D eigenvalue weighted by Gasteiger charge is -2.41. The molecule has 0 saturated carbocycles. The van der Waals surface area contributed by atoms with Gasteiger partial charge in [-0.1, -0.05) is 36.4 Å². The lowest BCUT2D eigenvalue weighted by molar-refractivity contribution is -0.118. The number of hydrogen-bond donors (Lipinski definition) is 1. The van der Waals surface area contributed by atoms with Crippen LogP contribution in [0.15, 0.2) is 91.0 Å². The fraction of sp³-hybridized carbons (Fsp3) is 0.107. The summed E-state index contributed by atoms with van der Waals surface area (Å²) in [6, 6.07) is 22.6. The summed E-state index contributed by atoms with van der Waals surface area (Å²) in [4.78, 5) is 33.4. The molecule has 2 heterocycles. The highest BCUT2D eigenvalue weighted by Gasteiger charge is 2.45. The van der Waals surface area contributed by atoms with Crippen LogP contribution in [0.2, 0.25) is 0 Å². The maximum absolute atomic E-state index is 13.8. The van der Waals surface area contributed by atoms with Gasteiger partial charge >= 0.3 is 0 Å². The molecule has 3 aromatic carbocycles. The van der Waals surface area contributed by atoms with Gasteiger partial charge < -0.3 is 5.32 Å². The van der Waals surface area contributed by atoms with Crippen LogP contribution in [-0.2, 0) is 4.79 Å². The van der Waals surface area contributed by atoms with Crippen molar-refractivity contribution < 1.29 is 18.4 Å². The van der Waals surface area contributed by atoms with Crippen LogP contribution < -0.4 is 10.2 Å². The third kappa shape index (κ3) is 4.28. The summed E-state index contributed by atoms with van der Waals surface area (Å²) >= 11 is 0. The van der Waals surface area contributed by atoms with Crippen molar-refractivity contribution in [3.63, 3.8) is 0 Å². The maximum Gasteiger partial charge on any atom is 0.259 e. The van der Waals surface area contributed by atoms with E-state index in [2.05, 4.69) is 10.3 Å². The molecule has 1 N–H and O–H groups in total. The lowest BCUT2D eigenvalue weighted by atomic mass is 9.79. The highest BCUT2D eigenvalue weighted by molar-refractivity contribution is 6.12. The van der Waals surface area contributed by atoms with E-state index in [4.69, 9.17) is 0 Å². The molecule has 2 unspecified atom stereocenters. The second kappa shape index (κ2) is 9.10. The predicted octanol–water partition coefficient (Wildman–Crippen LogP) is 5.79. The van der Waals surface area contributed by atoms with Crippen molar-refractivity contribution in [1.82, 2.24) is 4.98 Å². The molecule has 5 rings (SSSR count). The third-order valence-corrected chi connectivity index (χ3v) is 6.08. The molecule has 1 aliphatic rings. The fourth-order valence-corrected chi connectivity index (χ4v) is 4.52. The van der Waals surface area contributed by atoms with Gasteiger partial charge in [0.25, 0.3) is 5.91 Å². The number of hydrogen-bond acceptors (Lipinski definition) is 3. The van der Waals surface area contributed by atoms with Gasteiger partial charge in [0.05, 0.1) is 12.0 Å². The molecule has 174 valence electrons. The SMILES string of the molecule is Cc1cccc(NC(=O)C2c3ccccc3C(=O)N(c3ccc(F)cc3)C2c2ccc(F)cc2)n1. The van der Waals surface area contributed by atoms with Gasteiger partial charge in [0.1, 0.15) is 17.5 Å². The monoisotopic (exact) mass is 469 g/mol. The Balaban J connectivity index is 1.69. The van der Waals surface area contributed by atoms with E-state index in [0.29, 0.717) is 28.2 Å². The van der Waals surface area contributed by atoms with E-state index >= 15 is 0 Å². The molecule has 0 fully saturated rings. The molecule has 4 aromatic rings. The average Bonchev–Trinajstić information content (AvgIpc) is 2.85. The number of aromatic nitrogens is 1. The van der Waals surface area contributed by atoms with Crippen LogP contribution >= 0.6 is 0 Å². The number of nitrogens with one attached hydrogen (secondary N) is 1. The van der Waals surface area contributed by atoms with E-state index in [9.17, 15) is 18.4 Å². The largest absolute Gasteiger partial charge is 0.310 e. The van der Waals surface area contributed by atoms with Crippen molar-refractivity contribution in [2.45, 2.75) is 18.9 Å². The van der Waals surface area contributed by atoms with Crippen LogP contribution in [0.25, 0.3) is 0 Å². The number of carbonyl (C=O) groups excluding carboxylic acids is 2. The Kier molecular flexibility index (Phi) is 5.82. The Morgan fingerprint density at radius 2 is 1.51 bits per heavy atom. The van der Waals surface area contributed by atoms with Crippen molar-refractivity contribution in [3.05, 3.63) is 125 Å². The second-order valence-electron chi connectivity index (χ2n) is 8.37. The summed E-state index contributed by atoms with van der Waals surface area (Å²) in [7, 11) is 0. The Hall–Kier alpha value is -4.39. The van der Waals surface area contributed by atoms with Crippen LogP contribution in [0, 0.1) is 18.6 Å². The van der Waals surface area contributed by atoms with Gasteiger partial charge in [-0.25, -0.2) is 13.8 Å². The minimum absolute atomic E-state index is 0.334. The zero-order valence-electron chi connectivity index (χ0n) is 18.8. The van der Waals surface area contributed by atoms with E-state index in [1.807, 2.05) is 13.0 Å². The van der Waals surface area contributed by atoms with Gasteiger partial charge in [-0.15, -0.1) is 0 Å². The molecule has 0 spiro atoms. The zero-order valence-corrected chi connectivity index (χ0v) is 18.8. The number of nitrogens with zero attached hydrogens (tertiary/aromatic N) is 2. The Labute approximate surface area is 201 Å². The Bertz CT molecular complexity index is 1400. The summed E-state index contributed by atoms with van der Waals surface area (Å²) in [5.74, 6) is -2.05. The van der Waals surface area contributed by atoms with Crippen molar-refractivity contribution in [2.75, 3.05) is 10.2 Å². The van der Waals surface area contributed by atoms with Crippen molar-refractivity contribution in [2.24, 2.45) is 0 Å². The first-order valence-corrected chi connectivity index (χ1v) is 11.1. The molecule has 5 nitrogen and oxygen atoms in total. The number of anilines is 2. The first-order valence-electron chi connectivity index (χ1n) is 11.1. The van der Waals surface area contributed by atoms with Crippen molar-refractivity contribution >= 4 is 23.3 Å². The molecular formula is C28H21F2N3O2. The second-order valence-corrected chi connectivity index (χ2v) is 8.37. The molecule has 2 amide bonds. The normalized spacial score (nSPS) is 17.1. The first kappa shape index (κ1) is 22.4. The smallest absolute Gasteiger partial charge is 0.259 e. The van der Waals surface area contributed by atoms with Gasteiger partial charge in [-0.05, 0) is 72.6 Å². The number of benzene rings is 3. The average molecular weight is 469 g/mol. The number of fused-ring (bicyclic) bond motifs is 1. The number of halogens is 2. The number of rotatable bonds is 4. The number of aryl methyl sites for hydroxylation is 1. The molecule has 0 bridgehead atoms. The van der Waals surface area contributed by atoms with Crippen LogP contribution in [0.1, 0.15) is 39.1 Å². The highest BCUT2D eigenvalue weighted by Crippen LogP contribution is 2.45. The van der Waals surface area contributed by atoms with Crippen molar-refractivity contribution in [1.29, 1.82) is 0 Å². The van der Waals surface area contributed by atoms with Crippen LogP contribution in [-0.4, -0.2) is 16.8 Å². The number of pyridine rings is 1. The van der Waals surface area contributed by atoms with Gasteiger partial charge in [0, 0.05) is 16.9 Å². The summed E-state index contributed by atoms with van der Waals surface area (Å²) in [5, 5.41) is 2.88. The minimum Gasteiger partial charge on any atom is -0.310 e. The molecule has 2 atom stereocenters. The summed E-state index contributed by atoms with van der Waals surface area (Å²) in [5.41, 5.74) is 2.65. The molecule has 35 heavy (non-hydrogen) atoms. The van der Waals surface area contributed by atoms with E-state index in [1.54, 1.807) is 48.5 Å². The van der Waals surface area contributed by atoms with E-state index < -0.39 is 23.6 Å². The first-order chi connectivity index (χ1) is 16.9. The van der Waals surface area contributed by atoms with Crippen molar-refractivity contribution in [3.8, 4) is 0 Å². The van der Waals surface area contributed by atoms with Crippen LogP contribution in [0.3, 0.4) is 0 Å². The Morgan fingerprint density at radius 3 is 2.20 bits per heavy atom. The van der Waals surface area contributed by atoms with E-state index in [-0.39, 0.29) is 11.8 Å². The highest BCUT2D eigenvalue weighted by atomic mass is 19.1. The summed E-state index contributed by atoms with van der Waals surface area (Å²) in [6.07, 6.45) is 0. The molecule has 0 aliphatic carbocycles. The van der Waals surface area contributed by atoms with E-state index in [1.165, 1.54) is 41.3 Å². The summed E-state index contributed by atoms with van der Waals surface area (Å²) in [6.45, 7) is 1.82. The number of carbonyl (C=O) groups is 2. The fourth-order valence-electron chi connectivity index (χ4n) is 4.52. The van der Waals surface area contributed by atoms with Crippen LogP contribution in [0.4, 0.5) is 20.3 Å². The molecule has 1 aromatic heterocycles. The van der Waals surface area contributed by atoms with Gasteiger partial charge in [-0.3, -0.25) is 14.5 Å². The quantitative estimate of drug-likeness (QED) is 0.411. The number of amides is 2. The van der Waals surface area contributed by atoms with E-state index in [0.717, 1.165) is 5.69 Å². The molecule has 0 radical (unpaired) electrons. The minimum atomic E-state index is -0.846.